The molecule has 2 aromatic rings. The molecular formula is C11H7Cl2NO3S. The second-order valence-electron chi connectivity index (χ2n) is 3.33. The lowest BCUT2D eigenvalue weighted by Gasteiger charge is -2.04. The summed E-state index contributed by atoms with van der Waals surface area (Å²) >= 11 is 5.73. The van der Waals surface area contributed by atoms with Crippen molar-refractivity contribution in [2.45, 2.75) is 4.90 Å². The van der Waals surface area contributed by atoms with Crippen molar-refractivity contribution in [1.82, 2.24) is 4.98 Å². The summed E-state index contributed by atoms with van der Waals surface area (Å²) in [6.45, 7) is 0. The van der Waals surface area contributed by atoms with Crippen LogP contribution in [0.2, 0.25) is 5.02 Å². The zero-order valence-corrected chi connectivity index (χ0v) is 11.2. The van der Waals surface area contributed by atoms with E-state index in [1.807, 2.05) is 0 Å². The van der Waals surface area contributed by atoms with Crippen molar-refractivity contribution >= 4 is 31.3 Å². The van der Waals surface area contributed by atoms with Crippen molar-refractivity contribution in [3.05, 3.63) is 47.6 Å². The fraction of sp³-hybridized carbons (Fsp3) is 0. The highest BCUT2D eigenvalue weighted by atomic mass is 35.7. The average Bonchev–Trinajstić information content (AvgIpc) is 2.32. The van der Waals surface area contributed by atoms with Gasteiger partial charge in [0.2, 0.25) is 5.88 Å². The summed E-state index contributed by atoms with van der Waals surface area (Å²) in [4.78, 5) is 3.77. The van der Waals surface area contributed by atoms with Crippen LogP contribution in [0.15, 0.2) is 47.5 Å². The second kappa shape index (κ2) is 5.14. The quantitative estimate of drug-likeness (QED) is 0.815. The van der Waals surface area contributed by atoms with Crippen molar-refractivity contribution in [2.24, 2.45) is 0 Å². The van der Waals surface area contributed by atoms with E-state index >= 15 is 0 Å². The van der Waals surface area contributed by atoms with Crippen LogP contribution in [-0.4, -0.2) is 13.4 Å². The molecule has 1 aromatic heterocycles. The van der Waals surface area contributed by atoms with Crippen LogP contribution in [0.3, 0.4) is 0 Å². The molecule has 0 amide bonds. The number of aromatic nitrogens is 1. The fourth-order valence-corrected chi connectivity index (χ4v) is 2.00. The van der Waals surface area contributed by atoms with Gasteiger partial charge in [0.25, 0.3) is 9.05 Å². The van der Waals surface area contributed by atoms with Crippen LogP contribution < -0.4 is 4.74 Å². The van der Waals surface area contributed by atoms with Gasteiger partial charge in [-0.15, -0.1) is 0 Å². The van der Waals surface area contributed by atoms with Crippen molar-refractivity contribution in [3.63, 3.8) is 0 Å². The summed E-state index contributed by atoms with van der Waals surface area (Å²) in [5, 5.41) is 0.596. The predicted octanol–water partition coefficient (Wildman–Crippen LogP) is 3.45. The highest BCUT2D eigenvalue weighted by Crippen LogP contribution is 2.22. The van der Waals surface area contributed by atoms with Gasteiger partial charge in [0.1, 0.15) is 10.6 Å². The van der Waals surface area contributed by atoms with Gasteiger partial charge in [-0.3, -0.25) is 0 Å². The second-order valence-corrected chi connectivity index (χ2v) is 6.33. The molecule has 94 valence electrons. The SMILES string of the molecule is O=S(=O)(Cl)c1ccc(Oc2ccc(Cl)cc2)nc1. The topological polar surface area (TPSA) is 56.3 Å². The molecule has 0 N–H and O–H groups in total. The summed E-state index contributed by atoms with van der Waals surface area (Å²) in [5.41, 5.74) is 0. The molecule has 0 bridgehead atoms. The first-order valence-corrected chi connectivity index (χ1v) is 7.48. The standard InChI is InChI=1S/C11H7Cl2NO3S/c12-8-1-3-9(4-2-8)17-11-6-5-10(7-14-11)18(13,15)16/h1-7H. The van der Waals surface area contributed by atoms with Gasteiger partial charge in [-0.2, -0.15) is 0 Å². The number of benzene rings is 1. The van der Waals surface area contributed by atoms with Gasteiger partial charge in [-0.05, 0) is 30.3 Å². The third kappa shape index (κ3) is 3.35. The van der Waals surface area contributed by atoms with Gasteiger partial charge < -0.3 is 4.74 Å². The number of pyridine rings is 1. The molecule has 0 atom stereocenters. The van der Waals surface area contributed by atoms with Crippen molar-refractivity contribution < 1.29 is 13.2 Å². The minimum Gasteiger partial charge on any atom is -0.439 e. The van der Waals surface area contributed by atoms with Crippen LogP contribution in [0, 0.1) is 0 Å². The lowest BCUT2D eigenvalue weighted by molar-refractivity contribution is 0.462. The Morgan fingerprint density at radius 2 is 1.72 bits per heavy atom. The maximum absolute atomic E-state index is 11.0. The molecule has 0 aliphatic rings. The van der Waals surface area contributed by atoms with Crippen LogP contribution >= 0.6 is 22.3 Å². The van der Waals surface area contributed by atoms with E-state index in [4.69, 9.17) is 27.0 Å². The molecule has 4 nitrogen and oxygen atoms in total. The first-order chi connectivity index (χ1) is 8.45. The molecule has 1 heterocycles. The van der Waals surface area contributed by atoms with Crippen molar-refractivity contribution in [3.8, 4) is 11.6 Å². The molecule has 1 aromatic carbocycles. The Kier molecular flexibility index (Phi) is 3.75. The molecule has 18 heavy (non-hydrogen) atoms. The number of hydrogen-bond donors (Lipinski definition) is 0. The predicted molar refractivity (Wildman–Crippen MR) is 68.8 cm³/mol. The molecular weight excluding hydrogens is 297 g/mol. The van der Waals surface area contributed by atoms with E-state index in [-0.39, 0.29) is 10.8 Å². The third-order valence-corrected chi connectivity index (χ3v) is 3.62. The van der Waals surface area contributed by atoms with Crippen LogP contribution in [0.25, 0.3) is 0 Å². The fourth-order valence-electron chi connectivity index (χ4n) is 1.19. The highest BCUT2D eigenvalue weighted by Gasteiger charge is 2.10. The van der Waals surface area contributed by atoms with Crippen LogP contribution in [0.5, 0.6) is 11.6 Å². The summed E-state index contributed by atoms with van der Waals surface area (Å²) in [5.74, 6) is 0.815. The van der Waals surface area contributed by atoms with Gasteiger partial charge in [-0.25, -0.2) is 13.4 Å². The largest absolute Gasteiger partial charge is 0.439 e. The summed E-state index contributed by atoms with van der Waals surface area (Å²) in [6.07, 6.45) is 1.13. The molecule has 0 spiro atoms. The molecule has 2 rings (SSSR count). The molecule has 0 unspecified atom stereocenters. The first-order valence-electron chi connectivity index (χ1n) is 4.79. The molecule has 0 saturated heterocycles. The van der Waals surface area contributed by atoms with Gasteiger partial charge in [0, 0.05) is 21.8 Å². The van der Waals surface area contributed by atoms with Crippen LogP contribution in [0.1, 0.15) is 0 Å². The van der Waals surface area contributed by atoms with Gasteiger partial charge >= 0.3 is 0 Å². The number of nitrogens with zero attached hydrogens (tertiary/aromatic N) is 1. The zero-order chi connectivity index (χ0) is 13.2. The van der Waals surface area contributed by atoms with Gasteiger partial charge in [0.15, 0.2) is 0 Å². The molecule has 0 aliphatic heterocycles. The molecule has 0 aliphatic carbocycles. The van der Waals surface area contributed by atoms with Gasteiger partial charge in [-0.1, -0.05) is 11.6 Å². The number of halogens is 2. The molecule has 0 saturated carbocycles. The lowest BCUT2D eigenvalue weighted by atomic mass is 10.3. The highest BCUT2D eigenvalue weighted by molar-refractivity contribution is 8.13. The van der Waals surface area contributed by atoms with E-state index in [1.165, 1.54) is 12.1 Å². The normalized spacial score (nSPS) is 11.2. The first kappa shape index (κ1) is 13.1. The average molecular weight is 304 g/mol. The molecule has 7 heteroatoms. The Hall–Kier alpha value is -1.30. The lowest BCUT2D eigenvalue weighted by Crippen LogP contribution is -1.93. The smallest absolute Gasteiger partial charge is 0.262 e. The van der Waals surface area contributed by atoms with Gasteiger partial charge in [0.05, 0.1) is 6.20 Å². The monoisotopic (exact) mass is 303 g/mol. The summed E-state index contributed by atoms with van der Waals surface area (Å²) < 4.78 is 27.4. The minimum atomic E-state index is -3.76. The number of hydrogen-bond acceptors (Lipinski definition) is 4. The van der Waals surface area contributed by atoms with Crippen LogP contribution in [-0.2, 0) is 9.05 Å². The molecule has 0 fully saturated rings. The van der Waals surface area contributed by atoms with Crippen molar-refractivity contribution in [1.29, 1.82) is 0 Å². The Morgan fingerprint density at radius 1 is 1.06 bits per heavy atom. The Labute approximate surface area is 114 Å². The Morgan fingerprint density at radius 3 is 2.22 bits per heavy atom. The summed E-state index contributed by atoms with van der Waals surface area (Å²) in [7, 11) is 1.40. The number of rotatable bonds is 3. The van der Waals surface area contributed by atoms with E-state index in [0.717, 1.165) is 6.20 Å². The number of ether oxygens (including phenoxy) is 1. The minimum absolute atomic E-state index is 0.0763. The Bertz CT molecular complexity index is 639. The van der Waals surface area contributed by atoms with E-state index in [1.54, 1.807) is 24.3 Å². The zero-order valence-electron chi connectivity index (χ0n) is 8.88. The van der Waals surface area contributed by atoms with Crippen molar-refractivity contribution in [2.75, 3.05) is 0 Å². The van der Waals surface area contributed by atoms with E-state index < -0.39 is 9.05 Å². The summed E-state index contributed by atoms with van der Waals surface area (Å²) in [6, 6.07) is 9.44. The Balaban J connectivity index is 2.18. The van der Waals surface area contributed by atoms with Crippen LogP contribution in [0.4, 0.5) is 0 Å². The maximum Gasteiger partial charge on any atom is 0.262 e. The van der Waals surface area contributed by atoms with E-state index in [0.29, 0.717) is 10.8 Å². The third-order valence-electron chi connectivity index (χ3n) is 2.03. The van der Waals surface area contributed by atoms with E-state index in [9.17, 15) is 8.42 Å². The molecule has 0 radical (unpaired) electrons. The maximum atomic E-state index is 11.0. The van der Waals surface area contributed by atoms with E-state index in [2.05, 4.69) is 4.98 Å².